The third-order valence-corrected chi connectivity index (χ3v) is 15.0. The summed E-state index contributed by atoms with van der Waals surface area (Å²) < 4.78 is 49.6. The second kappa shape index (κ2) is 14.4. The topological polar surface area (TPSA) is 154 Å². The van der Waals surface area contributed by atoms with Gasteiger partial charge in [-0.15, -0.1) is 0 Å². The number of aromatic nitrogens is 7. The summed E-state index contributed by atoms with van der Waals surface area (Å²) in [5.74, 6) is -0.997. The monoisotopic (exact) mass is 898 g/mol. The minimum absolute atomic E-state index is 0.000445. The molecule has 15 nitrogen and oxygen atoms in total. The highest BCUT2D eigenvalue weighted by Crippen LogP contribution is 2.56. The van der Waals surface area contributed by atoms with E-state index in [-0.39, 0.29) is 34.9 Å². The summed E-state index contributed by atoms with van der Waals surface area (Å²) in [4.78, 5) is 47.5. The Balaban J connectivity index is 1.05. The first-order valence-electron chi connectivity index (χ1n) is 22.7. The summed E-state index contributed by atoms with van der Waals surface area (Å²) in [6.45, 7) is 14.0. The molecule has 7 heterocycles. The summed E-state index contributed by atoms with van der Waals surface area (Å²) in [5, 5.41) is 16.1. The molecule has 0 bridgehead atoms. The predicted octanol–water partition coefficient (Wildman–Crippen LogP) is 7.44. The zero-order valence-electron chi connectivity index (χ0n) is 38.2. The van der Waals surface area contributed by atoms with E-state index in [0.29, 0.717) is 77.1 Å². The van der Waals surface area contributed by atoms with E-state index in [1.54, 1.807) is 78.4 Å². The first-order chi connectivity index (χ1) is 31.4. The first-order valence-corrected chi connectivity index (χ1v) is 22.7. The molecule has 2 fully saturated rings. The lowest BCUT2D eigenvalue weighted by molar-refractivity contribution is -0.0592. The number of nitrogens with one attached hydrogen (secondary N) is 1. The van der Waals surface area contributed by atoms with Gasteiger partial charge in [-0.05, 0) is 132 Å². The number of carbonyl (C=O) groups excluding carboxylic acids is 1. The molecule has 66 heavy (non-hydrogen) atoms. The van der Waals surface area contributed by atoms with E-state index in [4.69, 9.17) is 14.4 Å². The lowest BCUT2D eigenvalue weighted by Gasteiger charge is -2.35. The van der Waals surface area contributed by atoms with Crippen LogP contribution in [0.15, 0.2) is 85.9 Å². The summed E-state index contributed by atoms with van der Waals surface area (Å²) in [5.41, 5.74) is 2.22. The molecule has 6 atom stereocenters. The number of amides is 1. The lowest BCUT2D eigenvalue weighted by atomic mass is 9.82. The van der Waals surface area contributed by atoms with E-state index in [2.05, 4.69) is 54.2 Å². The molecule has 2 aliphatic carbocycles. The van der Waals surface area contributed by atoms with Gasteiger partial charge >= 0.3 is 11.4 Å². The number of fused-ring (bicyclic) bond motifs is 3. The standard InChI is InChI=1S/C49H52F2N10O5/c1-26-19-33(20-27(2)41(26)50)61-42(59-17-16-58(46(59)64)39-12-11-37-34(48(39,7)51)25-52-56(37)8)40-29(4)57(15-13-35(40)54-61)43(62)38-22-32-21-30(31-14-18-65-47(5,6)24-31)9-10-36(32)60(38)49(23-28(49)3)44-53-45(63)66-55-44/h9-12,16-17,19-22,25,28-29,31,34H,13-15,18,23-24H2,1-8H3,(H,53,55,63)/t28-,29-,31-,34?,48?,49-/m0/s1. The molecule has 5 aliphatic rings. The van der Waals surface area contributed by atoms with Gasteiger partial charge in [0.05, 0.1) is 34.6 Å². The molecule has 2 aromatic carbocycles. The molecule has 6 aromatic rings. The van der Waals surface area contributed by atoms with Crippen LogP contribution in [-0.2, 0) is 16.7 Å². The molecular weight excluding hydrogens is 847 g/mol. The SMILES string of the molecule is Cc1cc(-n2nc3c(c2-n2ccn(C4=CC=C5C(C=NN5C)C4(C)F)c2=O)[C@H](C)N(C(=O)c2cc4cc([C@H]5CCOC(C)(C)C5)ccc4n2[C@@]2(c4noc(=O)[nH]4)C[C@@H]2C)CC3)cc(C)c1F. The highest BCUT2D eigenvalue weighted by molar-refractivity contribution is 6.00. The summed E-state index contributed by atoms with van der Waals surface area (Å²) in [6.07, 6.45) is 10.8. The number of nitrogens with zero attached hydrogens (tertiary/aromatic N) is 9. The first kappa shape index (κ1) is 42.0. The number of hydrazone groups is 1. The Bertz CT molecular complexity index is 3220. The molecule has 17 heteroatoms. The number of carbonyl (C=O) groups is 1. The van der Waals surface area contributed by atoms with Crippen molar-refractivity contribution in [3.8, 4) is 11.5 Å². The molecule has 0 radical (unpaired) electrons. The van der Waals surface area contributed by atoms with E-state index in [0.717, 1.165) is 29.3 Å². The number of H-pyrrole nitrogens is 1. The molecule has 3 aliphatic heterocycles. The quantitative estimate of drug-likeness (QED) is 0.174. The molecule has 1 saturated heterocycles. The van der Waals surface area contributed by atoms with Crippen LogP contribution < -0.4 is 11.4 Å². The van der Waals surface area contributed by atoms with Crippen molar-refractivity contribution < 1.29 is 22.8 Å². The average Bonchev–Trinajstić information content (AvgIpc) is 3.90. The minimum Gasteiger partial charge on any atom is -0.376 e. The van der Waals surface area contributed by atoms with Crippen LogP contribution in [0.2, 0.25) is 0 Å². The maximum atomic E-state index is 16.9. The number of rotatable bonds is 7. The third kappa shape index (κ3) is 6.14. The number of allylic oxidation sites excluding steroid dienone is 4. The second-order valence-corrected chi connectivity index (χ2v) is 19.7. The number of hydrogen-bond acceptors (Lipinski definition) is 9. The average molecular weight is 899 g/mol. The van der Waals surface area contributed by atoms with Crippen molar-refractivity contribution in [1.82, 2.24) is 43.5 Å². The number of aryl methyl sites for hydroxylation is 2. The van der Waals surface area contributed by atoms with E-state index in [1.807, 2.05) is 17.6 Å². The minimum atomic E-state index is -1.98. The van der Waals surface area contributed by atoms with Crippen molar-refractivity contribution in [2.45, 2.75) is 103 Å². The number of benzene rings is 2. The van der Waals surface area contributed by atoms with E-state index < -0.39 is 34.6 Å². The van der Waals surface area contributed by atoms with Gasteiger partial charge in [-0.1, -0.05) is 18.1 Å². The van der Waals surface area contributed by atoms with E-state index in [9.17, 15) is 9.59 Å². The summed E-state index contributed by atoms with van der Waals surface area (Å²) in [6, 6.07) is 11.0. The fraction of sp³-hybridized carbons (Fsp3) is 0.429. The highest BCUT2D eigenvalue weighted by atomic mass is 19.1. The van der Waals surface area contributed by atoms with Crippen molar-refractivity contribution in [2.24, 2.45) is 16.9 Å². The smallest absolute Gasteiger partial charge is 0.376 e. The molecule has 11 rings (SSSR count). The van der Waals surface area contributed by atoms with Crippen LogP contribution >= 0.6 is 0 Å². The van der Waals surface area contributed by atoms with Crippen molar-refractivity contribution in [3.63, 3.8) is 0 Å². The number of alkyl halides is 1. The van der Waals surface area contributed by atoms with Crippen molar-refractivity contribution in [2.75, 3.05) is 20.2 Å². The van der Waals surface area contributed by atoms with Crippen molar-refractivity contribution >= 4 is 28.7 Å². The van der Waals surface area contributed by atoms with Crippen LogP contribution in [0, 0.1) is 31.5 Å². The van der Waals surface area contributed by atoms with Crippen LogP contribution in [0.5, 0.6) is 0 Å². The van der Waals surface area contributed by atoms with Gasteiger partial charge in [0, 0.05) is 67.4 Å². The fourth-order valence-corrected chi connectivity index (χ4v) is 11.4. The van der Waals surface area contributed by atoms with Crippen LogP contribution in [0.25, 0.3) is 28.1 Å². The van der Waals surface area contributed by atoms with Gasteiger partial charge in [-0.2, -0.15) is 10.2 Å². The maximum absolute atomic E-state index is 16.9. The van der Waals surface area contributed by atoms with Gasteiger partial charge in [0.1, 0.15) is 22.9 Å². The van der Waals surface area contributed by atoms with Gasteiger partial charge < -0.3 is 14.2 Å². The van der Waals surface area contributed by atoms with Crippen molar-refractivity contribution in [3.05, 3.63) is 133 Å². The second-order valence-electron chi connectivity index (χ2n) is 19.7. The van der Waals surface area contributed by atoms with Crippen molar-refractivity contribution in [1.29, 1.82) is 0 Å². The lowest BCUT2D eigenvalue weighted by Crippen LogP contribution is -2.41. The third-order valence-electron chi connectivity index (χ3n) is 15.0. The Labute approximate surface area is 378 Å². The molecule has 1 N–H and O–H groups in total. The van der Waals surface area contributed by atoms with Crippen LogP contribution in [0.4, 0.5) is 8.78 Å². The molecule has 342 valence electrons. The van der Waals surface area contributed by atoms with Crippen LogP contribution in [-0.4, -0.2) is 87.1 Å². The van der Waals surface area contributed by atoms with Gasteiger partial charge in [0.2, 0.25) is 0 Å². The van der Waals surface area contributed by atoms with E-state index >= 15 is 13.6 Å². The van der Waals surface area contributed by atoms with Crippen LogP contribution in [0.1, 0.15) is 110 Å². The zero-order valence-corrected chi connectivity index (χ0v) is 38.2. The number of aromatic amines is 1. The fourth-order valence-electron chi connectivity index (χ4n) is 11.4. The summed E-state index contributed by atoms with van der Waals surface area (Å²) >= 11 is 0. The van der Waals surface area contributed by atoms with Gasteiger partial charge in [-0.25, -0.2) is 23.1 Å². The van der Waals surface area contributed by atoms with Gasteiger partial charge in [0.15, 0.2) is 11.5 Å². The van der Waals surface area contributed by atoms with Crippen LogP contribution in [0.3, 0.4) is 0 Å². The Hall–Kier alpha value is -6.62. The maximum Gasteiger partial charge on any atom is 0.438 e. The number of halogens is 2. The molecular formula is C49H52F2N10O5. The van der Waals surface area contributed by atoms with E-state index in [1.165, 1.54) is 16.1 Å². The largest absolute Gasteiger partial charge is 0.438 e. The van der Waals surface area contributed by atoms with Gasteiger partial charge in [-0.3, -0.25) is 28.4 Å². The molecule has 2 unspecified atom stereocenters. The molecule has 1 saturated carbocycles. The number of imidazole rings is 1. The number of hydrogen-bond donors (Lipinski definition) is 1. The Morgan fingerprint density at radius 3 is 2.42 bits per heavy atom. The molecule has 4 aromatic heterocycles. The normalized spacial score (nSPS) is 26.7. The molecule has 0 spiro atoms. The molecule has 1 amide bonds. The Morgan fingerprint density at radius 2 is 1.73 bits per heavy atom. The predicted molar refractivity (Wildman–Crippen MR) is 243 cm³/mol. The Morgan fingerprint density at radius 1 is 0.985 bits per heavy atom. The zero-order chi connectivity index (χ0) is 46.4. The number of ether oxygens (including phenoxy) is 1. The highest BCUT2D eigenvalue weighted by Gasteiger charge is 2.59. The van der Waals surface area contributed by atoms with Gasteiger partial charge in [0.25, 0.3) is 5.91 Å². The summed E-state index contributed by atoms with van der Waals surface area (Å²) in [7, 11) is 1.76. The Kier molecular flexibility index (Phi) is 9.20.